The van der Waals surface area contributed by atoms with Gasteiger partial charge in [0.05, 0.1) is 5.02 Å². The average Bonchev–Trinajstić information content (AvgIpc) is 2.43. The number of hydrogen-bond acceptors (Lipinski definition) is 1. The van der Waals surface area contributed by atoms with Crippen LogP contribution in [0.4, 0.5) is 4.39 Å². The number of nitrogens with two attached hydrogens (primary N) is 1. The largest absolute Gasteiger partial charge is 0.324 e. The molecule has 0 amide bonds. The van der Waals surface area contributed by atoms with E-state index in [9.17, 15) is 4.39 Å². The Morgan fingerprint density at radius 1 is 1.16 bits per heavy atom. The molecule has 0 aliphatic heterocycles. The first-order valence-corrected chi connectivity index (χ1v) is 6.70. The third-order valence-electron chi connectivity index (χ3n) is 3.34. The van der Waals surface area contributed by atoms with Gasteiger partial charge in [-0.25, -0.2) is 4.39 Å². The molecule has 0 heterocycles. The summed E-state index contributed by atoms with van der Waals surface area (Å²) < 4.78 is 13.1. The van der Waals surface area contributed by atoms with Gasteiger partial charge in [0.15, 0.2) is 0 Å². The Morgan fingerprint density at radius 3 is 2.47 bits per heavy atom. The highest BCUT2D eigenvalue weighted by atomic mass is 35.5. The van der Waals surface area contributed by atoms with E-state index in [1.807, 2.05) is 30.3 Å². The van der Waals surface area contributed by atoms with Crippen molar-refractivity contribution in [3.63, 3.8) is 0 Å². The minimum Gasteiger partial charge on any atom is -0.324 e. The zero-order valence-corrected chi connectivity index (χ0v) is 11.6. The molecule has 19 heavy (non-hydrogen) atoms. The van der Waals surface area contributed by atoms with Crippen LogP contribution in [0.15, 0.2) is 48.5 Å². The first kappa shape index (κ1) is 14.0. The first-order valence-electron chi connectivity index (χ1n) is 6.32. The third kappa shape index (κ3) is 3.55. The van der Waals surface area contributed by atoms with Crippen molar-refractivity contribution in [2.24, 2.45) is 11.7 Å². The van der Waals surface area contributed by atoms with Crippen LogP contribution in [0.2, 0.25) is 5.02 Å². The average molecular weight is 278 g/mol. The van der Waals surface area contributed by atoms with Crippen LogP contribution in [-0.4, -0.2) is 0 Å². The Labute approximate surface area is 118 Å². The van der Waals surface area contributed by atoms with Gasteiger partial charge in [-0.2, -0.15) is 0 Å². The number of hydrogen-bond donors (Lipinski definition) is 1. The monoisotopic (exact) mass is 277 g/mol. The van der Waals surface area contributed by atoms with Gasteiger partial charge in [0.2, 0.25) is 0 Å². The molecule has 0 aliphatic carbocycles. The minimum atomic E-state index is -0.384. The number of rotatable bonds is 4. The van der Waals surface area contributed by atoms with Crippen LogP contribution in [-0.2, 0) is 6.42 Å². The summed E-state index contributed by atoms with van der Waals surface area (Å²) >= 11 is 5.79. The Morgan fingerprint density at radius 2 is 1.84 bits per heavy atom. The van der Waals surface area contributed by atoms with Gasteiger partial charge >= 0.3 is 0 Å². The van der Waals surface area contributed by atoms with Crippen LogP contribution in [0.5, 0.6) is 0 Å². The molecule has 0 bridgehead atoms. The molecule has 2 rings (SSSR count). The molecule has 0 saturated heterocycles. The molecule has 2 atom stereocenters. The molecule has 0 saturated carbocycles. The summed E-state index contributed by atoms with van der Waals surface area (Å²) in [5, 5.41) is 0.165. The van der Waals surface area contributed by atoms with E-state index in [-0.39, 0.29) is 22.8 Å². The van der Waals surface area contributed by atoms with E-state index in [1.54, 1.807) is 12.1 Å². The zero-order valence-electron chi connectivity index (χ0n) is 10.8. The maximum atomic E-state index is 13.1. The van der Waals surface area contributed by atoms with Crippen molar-refractivity contribution in [3.8, 4) is 0 Å². The van der Waals surface area contributed by atoms with E-state index >= 15 is 0 Å². The normalized spacial score (nSPS) is 14.1. The molecule has 2 N–H and O–H groups in total. The van der Waals surface area contributed by atoms with Crippen LogP contribution in [0.25, 0.3) is 0 Å². The summed E-state index contributed by atoms with van der Waals surface area (Å²) in [5.41, 5.74) is 8.37. The topological polar surface area (TPSA) is 26.0 Å². The molecule has 1 nitrogen and oxygen atoms in total. The lowest BCUT2D eigenvalue weighted by Gasteiger charge is -2.20. The van der Waals surface area contributed by atoms with Crippen LogP contribution >= 0.6 is 11.6 Å². The third-order valence-corrected chi connectivity index (χ3v) is 3.63. The summed E-state index contributed by atoms with van der Waals surface area (Å²) in [7, 11) is 0. The van der Waals surface area contributed by atoms with Crippen molar-refractivity contribution in [2.45, 2.75) is 19.4 Å². The van der Waals surface area contributed by atoms with E-state index in [4.69, 9.17) is 17.3 Å². The highest BCUT2D eigenvalue weighted by Gasteiger charge is 2.15. The summed E-state index contributed by atoms with van der Waals surface area (Å²) in [6, 6.07) is 14.8. The maximum Gasteiger partial charge on any atom is 0.141 e. The smallest absolute Gasteiger partial charge is 0.141 e. The van der Waals surface area contributed by atoms with Gasteiger partial charge in [-0.3, -0.25) is 0 Å². The van der Waals surface area contributed by atoms with Gasteiger partial charge in [-0.15, -0.1) is 0 Å². The van der Waals surface area contributed by atoms with Crippen molar-refractivity contribution in [1.82, 2.24) is 0 Å². The molecule has 100 valence electrons. The fourth-order valence-electron chi connectivity index (χ4n) is 2.17. The zero-order chi connectivity index (χ0) is 13.8. The standard InChI is InChI=1S/C16H17ClFN/c1-11(16(19)13-5-3-2-4-6-13)9-12-7-8-15(18)14(17)10-12/h2-8,10-11,16H,9,19H2,1H3. The Balaban J connectivity index is 2.08. The van der Waals surface area contributed by atoms with Gasteiger partial charge in [-0.05, 0) is 35.6 Å². The van der Waals surface area contributed by atoms with Crippen molar-refractivity contribution >= 4 is 11.6 Å². The van der Waals surface area contributed by atoms with E-state index < -0.39 is 0 Å². The predicted octanol–water partition coefficient (Wildman–Crippen LogP) is 4.36. The molecule has 0 radical (unpaired) electrons. The molecule has 0 fully saturated rings. The summed E-state index contributed by atoms with van der Waals surface area (Å²) in [6.07, 6.45) is 0.774. The lowest BCUT2D eigenvalue weighted by atomic mass is 9.90. The van der Waals surface area contributed by atoms with Gasteiger partial charge in [0.1, 0.15) is 5.82 Å². The van der Waals surface area contributed by atoms with Gasteiger partial charge in [-0.1, -0.05) is 54.9 Å². The highest BCUT2D eigenvalue weighted by molar-refractivity contribution is 6.30. The molecule has 0 aliphatic rings. The second kappa shape index (κ2) is 6.18. The Kier molecular flexibility index (Phi) is 4.56. The summed E-state index contributed by atoms with van der Waals surface area (Å²) in [4.78, 5) is 0. The van der Waals surface area contributed by atoms with Crippen molar-refractivity contribution in [1.29, 1.82) is 0 Å². The molecule has 3 heteroatoms. The molecular weight excluding hydrogens is 261 g/mol. The Bertz CT molecular complexity index is 542. The lowest BCUT2D eigenvalue weighted by Crippen LogP contribution is -2.20. The summed E-state index contributed by atoms with van der Waals surface area (Å²) in [5.74, 6) is -0.130. The molecule has 0 spiro atoms. The lowest BCUT2D eigenvalue weighted by molar-refractivity contribution is 0.468. The highest BCUT2D eigenvalue weighted by Crippen LogP contribution is 2.24. The van der Waals surface area contributed by atoms with Crippen LogP contribution < -0.4 is 5.73 Å². The first-order chi connectivity index (χ1) is 9.08. The number of halogens is 2. The SMILES string of the molecule is CC(Cc1ccc(F)c(Cl)c1)C(N)c1ccccc1. The van der Waals surface area contributed by atoms with Crippen LogP contribution in [0, 0.1) is 11.7 Å². The fourth-order valence-corrected chi connectivity index (χ4v) is 2.37. The molecular formula is C16H17ClFN. The van der Waals surface area contributed by atoms with Crippen molar-refractivity contribution < 1.29 is 4.39 Å². The van der Waals surface area contributed by atoms with Crippen molar-refractivity contribution in [3.05, 3.63) is 70.5 Å². The summed E-state index contributed by atoms with van der Waals surface area (Å²) in [6.45, 7) is 2.09. The van der Waals surface area contributed by atoms with Crippen LogP contribution in [0.3, 0.4) is 0 Å². The predicted molar refractivity (Wildman–Crippen MR) is 77.6 cm³/mol. The van der Waals surface area contributed by atoms with Crippen molar-refractivity contribution in [2.75, 3.05) is 0 Å². The van der Waals surface area contributed by atoms with E-state index in [1.165, 1.54) is 6.07 Å². The van der Waals surface area contributed by atoms with E-state index in [0.29, 0.717) is 0 Å². The Hall–Kier alpha value is -1.38. The molecule has 0 aromatic heterocycles. The van der Waals surface area contributed by atoms with Gasteiger partial charge in [0.25, 0.3) is 0 Å². The quantitative estimate of drug-likeness (QED) is 0.883. The molecule has 2 aromatic rings. The molecule has 2 unspecified atom stereocenters. The molecule has 2 aromatic carbocycles. The fraction of sp³-hybridized carbons (Fsp3) is 0.250. The second-order valence-corrected chi connectivity index (χ2v) is 5.27. The van der Waals surface area contributed by atoms with E-state index in [2.05, 4.69) is 6.92 Å². The van der Waals surface area contributed by atoms with E-state index in [0.717, 1.165) is 17.5 Å². The van der Waals surface area contributed by atoms with Gasteiger partial charge < -0.3 is 5.73 Å². The maximum absolute atomic E-state index is 13.1. The van der Waals surface area contributed by atoms with Gasteiger partial charge in [0, 0.05) is 6.04 Å². The minimum absolute atomic E-state index is 0.0370. The number of benzene rings is 2. The van der Waals surface area contributed by atoms with Crippen LogP contribution in [0.1, 0.15) is 24.1 Å². The second-order valence-electron chi connectivity index (χ2n) is 4.87.